The van der Waals surface area contributed by atoms with Crippen molar-refractivity contribution in [2.24, 2.45) is 0 Å². The molecule has 0 spiro atoms. The highest BCUT2D eigenvalue weighted by Gasteiger charge is 2.19. The number of nitrogens with zero attached hydrogens (tertiary/aromatic N) is 2. The summed E-state index contributed by atoms with van der Waals surface area (Å²) in [6.45, 7) is 1.97. The van der Waals surface area contributed by atoms with Crippen molar-refractivity contribution in [1.82, 2.24) is 10.2 Å². The number of ketones is 1. The molecule has 0 radical (unpaired) electrons. The maximum atomic E-state index is 12.5. The number of nitrogens with one attached hydrogen (secondary N) is 1. The normalized spacial score (nSPS) is 10.5. The molecule has 3 rings (SSSR count). The molecule has 1 N–H and O–H groups in total. The van der Waals surface area contributed by atoms with Crippen LogP contribution in [-0.4, -0.2) is 21.9 Å². The zero-order chi connectivity index (χ0) is 16.2. The number of thiophene rings is 1. The molecular formula is C16H13N3O2S2. The van der Waals surface area contributed by atoms with Crippen LogP contribution >= 0.6 is 22.7 Å². The molecule has 0 saturated heterocycles. The number of hydrogen-bond acceptors (Lipinski definition) is 6. The number of hydrogen-bond donors (Lipinski definition) is 1. The summed E-state index contributed by atoms with van der Waals surface area (Å²) in [5.41, 5.74) is 0.715. The van der Waals surface area contributed by atoms with Gasteiger partial charge in [-0.3, -0.25) is 14.9 Å². The van der Waals surface area contributed by atoms with E-state index in [1.807, 2.05) is 18.4 Å². The van der Waals surface area contributed by atoms with Gasteiger partial charge >= 0.3 is 0 Å². The molecule has 2 heterocycles. The largest absolute Gasteiger partial charge is 0.296 e. The third-order valence-electron chi connectivity index (χ3n) is 3.15. The third kappa shape index (κ3) is 3.35. The summed E-state index contributed by atoms with van der Waals surface area (Å²) < 4.78 is 0. The summed E-state index contributed by atoms with van der Waals surface area (Å²) >= 11 is 2.69. The van der Waals surface area contributed by atoms with Crippen LogP contribution in [0.4, 0.5) is 5.13 Å². The van der Waals surface area contributed by atoms with Gasteiger partial charge in [0, 0.05) is 5.56 Å². The fourth-order valence-corrected chi connectivity index (χ4v) is 3.38. The molecule has 0 aliphatic rings. The number of amides is 1. The summed E-state index contributed by atoms with van der Waals surface area (Å²) in [5, 5.41) is 13.7. The number of carbonyl (C=O) groups excluding carboxylic acids is 2. The van der Waals surface area contributed by atoms with Crippen LogP contribution in [0, 0.1) is 0 Å². The van der Waals surface area contributed by atoms with Crippen molar-refractivity contribution < 1.29 is 9.59 Å². The van der Waals surface area contributed by atoms with E-state index in [1.165, 1.54) is 22.7 Å². The van der Waals surface area contributed by atoms with Crippen molar-refractivity contribution in [1.29, 1.82) is 0 Å². The first kappa shape index (κ1) is 15.5. The van der Waals surface area contributed by atoms with Gasteiger partial charge in [0.15, 0.2) is 0 Å². The lowest BCUT2D eigenvalue weighted by atomic mass is 10.0. The highest BCUT2D eigenvalue weighted by atomic mass is 32.1. The second kappa shape index (κ2) is 6.80. The molecule has 1 aromatic carbocycles. The molecule has 0 atom stereocenters. The van der Waals surface area contributed by atoms with E-state index in [9.17, 15) is 9.59 Å². The van der Waals surface area contributed by atoms with E-state index in [-0.39, 0.29) is 11.7 Å². The van der Waals surface area contributed by atoms with Gasteiger partial charge in [0.05, 0.1) is 10.4 Å². The van der Waals surface area contributed by atoms with Crippen molar-refractivity contribution in [3.63, 3.8) is 0 Å². The van der Waals surface area contributed by atoms with Crippen molar-refractivity contribution >= 4 is 39.5 Å². The Bertz CT molecular complexity index is 841. The average molecular weight is 343 g/mol. The molecule has 2 aromatic heterocycles. The van der Waals surface area contributed by atoms with E-state index >= 15 is 0 Å². The van der Waals surface area contributed by atoms with Crippen LogP contribution in [0.3, 0.4) is 0 Å². The minimum Gasteiger partial charge on any atom is -0.296 e. The van der Waals surface area contributed by atoms with Crippen molar-refractivity contribution in [3.8, 4) is 0 Å². The quantitative estimate of drug-likeness (QED) is 0.718. The van der Waals surface area contributed by atoms with E-state index in [1.54, 1.807) is 30.3 Å². The van der Waals surface area contributed by atoms with Gasteiger partial charge in [-0.15, -0.1) is 21.5 Å². The zero-order valence-corrected chi connectivity index (χ0v) is 13.9. The van der Waals surface area contributed by atoms with Crippen molar-refractivity contribution in [2.75, 3.05) is 5.32 Å². The van der Waals surface area contributed by atoms with Crippen LogP contribution in [0.1, 0.15) is 37.5 Å². The van der Waals surface area contributed by atoms with Gasteiger partial charge in [0.1, 0.15) is 5.01 Å². The fourth-order valence-electron chi connectivity index (χ4n) is 2.03. The Morgan fingerprint density at radius 3 is 2.52 bits per heavy atom. The summed E-state index contributed by atoms with van der Waals surface area (Å²) in [4.78, 5) is 25.6. The molecular weight excluding hydrogens is 330 g/mol. The lowest BCUT2D eigenvalue weighted by molar-refractivity contribution is 0.0997. The molecule has 0 aliphatic heterocycles. The van der Waals surface area contributed by atoms with E-state index in [0.29, 0.717) is 21.1 Å². The highest BCUT2D eigenvalue weighted by Crippen LogP contribution is 2.21. The molecule has 23 heavy (non-hydrogen) atoms. The summed E-state index contributed by atoms with van der Waals surface area (Å²) in [6, 6.07) is 10.3. The number of rotatable bonds is 5. The molecule has 0 fully saturated rings. The first-order chi connectivity index (χ1) is 11.2. The van der Waals surface area contributed by atoms with E-state index < -0.39 is 0 Å². The van der Waals surface area contributed by atoms with Gasteiger partial charge in [0.25, 0.3) is 5.91 Å². The standard InChI is InChI=1S/C16H13N3O2S2/c1-2-13-18-19-16(23-13)17-15(21)11-7-4-3-6-10(11)14(20)12-8-5-9-22-12/h3-9H,2H2,1H3,(H,17,19,21). The lowest BCUT2D eigenvalue weighted by Gasteiger charge is -2.07. The topological polar surface area (TPSA) is 72.0 Å². The Morgan fingerprint density at radius 1 is 1.09 bits per heavy atom. The van der Waals surface area contributed by atoms with Gasteiger partial charge in [-0.2, -0.15) is 0 Å². The second-order valence-corrected chi connectivity index (χ2v) is 6.67. The van der Waals surface area contributed by atoms with Gasteiger partial charge < -0.3 is 0 Å². The Kier molecular flexibility index (Phi) is 4.59. The molecule has 116 valence electrons. The maximum absolute atomic E-state index is 12.5. The molecule has 3 aromatic rings. The average Bonchev–Trinajstić information content (AvgIpc) is 3.25. The van der Waals surface area contributed by atoms with Crippen molar-refractivity contribution in [3.05, 3.63) is 62.8 Å². The molecule has 0 aliphatic carbocycles. The van der Waals surface area contributed by atoms with Crippen LogP contribution < -0.4 is 5.32 Å². The van der Waals surface area contributed by atoms with Crippen LogP contribution in [0.15, 0.2) is 41.8 Å². The second-order valence-electron chi connectivity index (χ2n) is 4.66. The molecule has 5 nitrogen and oxygen atoms in total. The highest BCUT2D eigenvalue weighted by molar-refractivity contribution is 7.15. The van der Waals surface area contributed by atoms with Crippen LogP contribution in [0.2, 0.25) is 0 Å². The van der Waals surface area contributed by atoms with Gasteiger partial charge in [-0.25, -0.2) is 0 Å². The lowest BCUT2D eigenvalue weighted by Crippen LogP contribution is -2.16. The molecule has 0 saturated carbocycles. The number of aromatic nitrogens is 2. The molecule has 0 unspecified atom stereocenters. The minimum atomic E-state index is -0.357. The third-order valence-corrected chi connectivity index (χ3v) is 5.00. The first-order valence-electron chi connectivity index (χ1n) is 7.00. The Balaban J connectivity index is 1.87. The summed E-state index contributed by atoms with van der Waals surface area (Å²) in [5.74, 6) is -0.512. The molecule has 7 heteroatoms. The smallest absolute Gasteiger partial charge is 0.258 e. The number of carbonyl (C=O) groups is 2. The monoisotopic (exact) mass is 343 g/mol. The van der Waals surface area contributed by atoms with Crippen LogP contribution in [0.25, 0.3) is 0 Å². The Hall–Kier alpha value is -2.38. The Labute approximate surface area is 141 Å². The van der Waals surface area contributed by atoms with E-state index in [0.717, 1.165) is 11.4 Å². The van der Waals surface area contributed by atoms with Gasteiger partial charge in [-0.05, 0) is 23.9 Å². The SMILES string of the molecule is CCc1nnc(NC(=O)c2ccccc2C(=O)c2cccs2)s1. The fraction of sp³-hybridized carbons (Fsp3) is 0.125. The van der Waals surface area contributed by atoms with Crippen LogP contribution in [0.5, 0.6) is 0 Å². The predicted molar refractivity (Wildman–Crippen MR) is 91.4 cm³/mol. The maximum Gasteiger partial charge on any atom is 0.258 e. The number of aryl methyl sites for hydroxylation is 1. The minimum absolute atomic E-state index is 0.155. The van der Waals surface area contributed by atoms with Gasteiger partial charge in [0.2, 0.25) is 10.9 Å². The summed E-state index contributed by atoms with van der Waals surface area (Å²) in [6.07, 6.45) is 0.765. The predicted octanol–water partition coefficient (Wildman–Crippen LogP) is 3.65. The zero-order valence-electron chi connectivity index (χ0n) is 12.3. The Morgan fingerprint density at radius 2 is 1.87 bits per heavy atom. The van der Waals surface area contributed by atoms with E-state index in [2.05, 4.69) is 15.5 Å². The summed E-state index contributed by atoms with van der Waals surface area (Å²) in [7, 11) is 0. The van der Waals surface area contributed by atoms with Crippen molar-refractivity contribution in [2.45, 2.75) is 13.3 Å². The molecule has 0 bridgehead atoms. The first-order valence-corrected chi connectivity index (χ1v) is 8.69. The van der Waals surface area contributed by atoms with Gasteiger partial charge in [-0.1, -0.05) is 42.5 Å². The van der Waals surface area contributed by atoms with Crippen LogP contribution in [-0.2, 0) is 6.42 Å². The number of anilines is 1. The molecule has 1 amide bonds. The van der Waals surface area contributed by atoms with E-state index in [4.69, 9.17) is 0 Å². The number of benzene rings is 1.